The Labute approximate surface area is 147 Å². The van der Waals surface area contributed by atoms with Crippen LogP contribution in [0, 0.1) is 10.1 Å². The Morgan fingerprint density at radius 3 is 2.92 bits per heavy atom. The van der Waals surface area contributed by atoms with E-state index in [1.54, 1.807) is 11.6 Å². The van der Waals surface area contributed by atoms with Crippen molar-refractivity contribution in [2.45, 2.75) is 13.0 Å². The van der Waals surface area contributed by atoms with Crippen LogP contribution in [0.5, 0.6) is 0 Å². The quantitative estimate of drug-likeness (QED) is 0.568. The van der Waals surface area contributed by atoms with Crippen molar-refractivity contribution in [2.24, 2.45) is 0 Å². The van der Waals surface area contributed by atoms with Crippen LogP contribution in [0.1, 0.15) is 6.92 Å². The van der Waals surface area contributed by atoms with Crippen LogP contribution in [0.3, 0.4) is 0 Å². The molecule has 2 aromatic heterocycles. The highest BCUT2D eigenvalue weighted by atomic mass is 32.1. The molecule has 1 fully saturated rings. The number of thiazole rings is 1. The zero-order chi connectivity index (χ0) is 17.4. The normalized spacial score (nSPS) is 17.8. The number of rotatable bonds is 4. The van der Waals surface area contributed by atoms with Crippen molar-refractivity contribution in [2.75, 3.05) is 30.0 Å². The lowest BCUT2D eigenvalue weighted by Crippen LogP contribution is -2.43. The lowest BCUT2D eigenvalue weighted by molar-refractivity contribution is -0.389. The minimum Gasteiger partial charge on any atom is -0.377 e. The van der Waals surface area contributed by atoms with Gasteiger partial charge in [-0.05, 0) is 36.1 Å². The predicted octanol–water partition coefficient (Wildman–Crippen LogP) is 3.27. The third-order valence-electron chi connectivity index (χ3n) is 4.24. The number of benzene rings is 1. The van der Waals surface area contributed by atoms with Gasteiger partial charge in [-0.15, -0.1) is 0 Å². The molecule has 1 atom stereocenters. The molecule has 3 heterocycles. The van der Waals surface area contributed by atoms with Gasteiger partial charge in [0.25, 0.3) is 4.96 Å². The summed E-state index contributed by atoms with van der Waals surface area (Å²) < 4.78 is 6.95. The van der Waals surface area contributed by atoms with E-state index in [4.69, 9.17) is 4.74 Å². The first kappa shape index (κ1) is 15.9. The van der Waals surface area contributed by atoms with Gasteiger partial charge >= 0.3 is 5.82 Å². The van der Waals surface area contributed by atoms with Crippen molar-refractivity contribution in [1.82, 2.24) is 9.38 Å². The SMILES string of the molecule is CC1COCCN1c1ccc(Nc2nc3sccn3c2[N+](=O)[O-])cc1. The van der Waals surface area contributed by atoms with Crippen LogP contribution >= 0.6 is 11.3 Å². The first-order chi connectivity index (χ1) is 12.1. The van der Waals surface area contributed by atoms with Crippen LogP contribution in [-0.4, -0.2) is 40.1 Å². The smallest absolute Gasteiger partial charge is 0.373 e. The highest BCUT2D eigenvalue weighted by molar-refractivity contribution is 7.15. The Hall–Kier alpha value is -2.65. The summed E-state index contributed by atoms with van der Waals surface area (Å²) in [5, 5.41) is 16.2. The van der Waals surface area contributed by atoms with E-state index in [1.165, 1.54) is 15.7 Å². The molecular weight excluding hydrogens is 342 g/mol. The maximum Gasteiger partial charge on any atom is 0.373 e. The van der Waals surface area contributed by atoms with E-state index in [-0.39, 0.29) is 11.6 Å². The number of aromatic nitrogens is 2. The van der Waals surface area contributed by atoms with Crippen LogP contribution in [0.25, 0.3) is 4.96 Å². The third kappa shape index (κ3) is 2.92. The van der Waals surface area contributed by atoms with Gasteiger partial charge in [-0.25, -0.2) is 0 Å². The molecule has 0 saturated carbocycles. The number of morpholine rings is 1. The minimum atomic E-state index is -0.418. The molecule has 25 heavy (non-hydrogen) atoms. The number of imidazole rings is 1. The van der Waals surface area contributed by atoms with Crippen LogP contribution in [0.2, 0.25) is 0 Å². The average molecular weight is 359 g/mol. The molecule has 4 rings (SSSR count). The topological polar surface area (TPSA) is 84.9 Å². The molecule has 0 spiro atoms. The van der Waals surface area contributed by atoms with E-state index in [0.29, 0.717) is 11.0 Å². The van der Waals surface area contributed by atoms with Gasteiger partial charge in [0.1, 0.15) is 6.20 Å². The molecule has 1 aliphatic heterocycles. The van der Waals surface area contributed by atoms with E-state index >= 15 is 0 Å². The summed E-state index contributed by atoms with van der Waals surface area (Å²) in [4.78, 5) is 18.2. The Balaban J connectivity index is 1.58. The summed E-state index contributed by atoms with van der Waals surface area (Å²) in [6.07, 6.45) is 1.65. The van der Waals surface area contributed by atoms with Gasteiger partial charge in [0, 0.05) is 29.3 Å². The number of nitro groups is 1. The predicted molar refractivity (Wildman–Crippen MR) is 97.1 cm³/mol. The summed E-state index contributed by atoms with van der Waals surface area (Å²) in [5.41, 5.74) is 1.88. The van der Waals surface area contributed by atoms with Crippen molar-refractivity contribution in [3.63, 3.8) is 0 Å². The molecule has 1 saturated heterocycles. The summed E-state index contributed by atoms with van der Waals surface area (Å²) in [7, 11) is 0. The van der Waals surface area contributed by atoms with Crippen LogP contribution in [-0.2, 0) is 4.74 Å². The van der Waals surface area contributed by atoms with Crippen molar-refractivity contribution in [3.8, 4) is 0 Å². The van der Waals surface area contributed by atoms with Crippen LogP contribution in [0.15, 0.2) is 35.8 Å². The minimum absolute atomic E-state index is 0.0536. The first-order valence-corrected chi connectivity index (χ1v) is 8.83. The lowest BCUT2D eigenvalue weighted by Gasteiger charge is -2.35. The van der Waals surface area contributed by atoms with Crippen molar-refractivity contribution in [1.29, 1.82) is 0 Å². The van der Waals surface area contributed by atoms with Gasteiger partial charge in [0.05, 0.1) is 13.2 Å². The molecule has 0 amide bonds. The van der Waals surface area contributed by atoms with Gasteiger partial charge in [0.2, 0.25) is 5.82 Å². The molecule has 1 aliphatic rings. The van der Waals surface area contributed by atoms with Gasteiger partial charge in [-0.3, -0.25) is 0 Å². The number of anilines is 3. The zero-order valence-corrected chi connectivity index (χ0v) is 14.4. The molecule has 9 heteroatoms. The van der Waals surface area contributed by atoms with Crippen LogP contribution in [0.4, 0.5) is 23.0 Å². The molecule has 0 bridgehead atoms. The summed E-state index contributed by atoms with van der Waals surface area (Å²) >= 11 is 1.36. The molecule has 0 aliphatic carbocycles. The Morgan fingerprint density at radius 2 is 2.20 bits per heavy atom. The van der Waals surface area contributed by atoms with Gasteiger partial charge in [-0.1, -0.05) is 11.3 Å². The number of fused-ring (bicyclic) bond motifs is 1. The summed E-state index contributed by atoms with van der Waals surface area (Å²) in [6.45, 7) is 4.43. The average Bonchev–Trinajstić information content (AvgIpc) is 3.16. The van der Waals surface area contributed by atoms with Crippen molar-refractivity contribution >= 4 is 39.3 Å². The third-order valence-corrected chi connectivity index (χ3v) is 5.00. The second-order valence-corrected chi connectivity index (χ2v) is 6.76. The molecule has 130 valence electrons. The number of nitrogens with zero attached hydrogens (tertiary/aromatic N) is 4. The fourth-order valence-electron chi connectivity index (χ4n) is 3.02. The van der Waals surface area contributed by atoms with Gasteiger partial charge in [-0.2, -0.15) is 9.38 Å². The summed E-state index contributed by atoms with van der Waals surface area (Å²) in [5.74, 6) is 0.200. The zero-order valence-electron chi connectivity index (χ0n) is 13.6. The number of nitrogens with one attached hydrogen (secondary N) is 1. The standard InChI is InChI=1S/C16H17N5O3S/c1-11-10-24-8-6-19(11)13-4-2-12(3-5-13)17-14-15(21(22)23)20-7-9-25-16(20)18-14/h2-5,7,9,11,17H,6,8,10H2,1H3. The van der Waals surface area contributed by atoms with E-state index in [9.17, 15) is 10.1 Å². The second-order valence-electron chi connectivity index (χ2n) is 5.89. The number of hydrogen-bond acceptors (Lipinski definition) is 7. The van der Waals surface area contributed by atoms with Crippen molar-refractivity contribution < 1.29 is 9.66 Å². The Kier molecular flexibility index (Phi) is 4.02. The maximum atomic E-state index is 11.4. The molecular formula is C16H17N5O3S. The maximum absolute atomic E-state index is 11.4. The summed E-state index contributed by atoms with van der Waals surface area (Å²) in [6, 6.07) is 8.17. The fourth-order valence-corrected chi connectivity index (χ4v) is 3.72. The molecule has 0 radical (unpaired) electrons. The largest absolute Gasteiger partial charge is 0.377 e. The lowest BCUT2D eigenvalue weighted by atomic mass is 10.2. The van der Waals surface area contributed by atoms with E-state index in [2.05, 4.69) is 22.1 Å². The van der Waals surface area contributed by atoms with Crippen LogP contribution < -0.4 is 10.2 Å². The monoisotopic (exact) mass is 359 g/mol. The molecule has 8 nitrogen and oxygen atoms in total. The Morgan fingerprint density at radius 1 is 1.40 bits per heavy atom. The highest BCUT2D eigenvalue weighted by Crippen LogP contribution is 2.31. The van der Waals surface area contributed by atoms with E-state index in [0.717, 1.165) is 31.1 Å². The van der Waals surface area contributed by atoms with E-state index in [1.807, 2.05) is 24.3 Å². The van der Waals surface area contributed by atoms with Gasteiger partial charge in [0.15, 0.2) is 0 Å². The number of hydrogen-bond donors (Lipinski definition) is 1. The molecule has 1 aromatic carbocycles. The molecule has 3 aromatic rings. The van der Waals surface area contributed by atoms with Crippen molar-refractivity contribution in [3.05, 3.63) is 46.0 Å². The second kappa shape index (κ2) is 6.34. The highest BCUT2D eigenvalue weighted by Gasteiger charge is 2.24. The Bertz CT molecular complexity index is 904. The number of ether oxygens (including phenoxy) is 1. The fraction of sp³-hybridized carbons (Fsp3) is 0.312. The first-order valence-electron chi connectivity index (χ1n) is 7.95. The van der Waals surface area contributed by atoms with E-state index < -0.39 is 4.92 Å². The molecule has 1 unspecified atom stereocenters. The van der Waals surface area contributed by atoms with Gasteiger partial charge < -0.3 is 25.1 Å². The molecule has 1 N–H and O–H groups in total.